The molecule has 106 valence electrons. The minimum absolute atomic E-state index is 0.0297. The monoisotopic (exact) mass is 297 g/mol. The second-order valence-corrected chi connectivity index (χ2v) is 5.19. The molecule has 1 unspecified atom stereocenters. The van der Waals surface area contributed by atoms with E-state index in [0.717, 1.165) is 0 Å². The molecule has 1 aromatic carbocycles. The van der Waals surface area contributed by atoms with Gasteiger partial charge in [0, 0.05) is 5.56 Å². The molecule has 20 heavy (non-hydrogen) atoms. The van der Waals surface area contributed by atoms with Crippen molar-refractivity contribution in [3.05, 3.63) is 52.7 Å². The summed E-state index contributed by atoms with van der Waals surface area (Å²) < 4.78 is 27.0. The number of rotatable bonds is 3. The average Bonchev–Trinajstić information content (AvgIpc) is 2.42. The summed E-state index contributed by atoms with van der Waals surface area (Å²) in [5.41, 5.74) is -0.399. The number of aliphatic hydroxyl groups is 1. The van der Waals surface area contributed by atoms with E-state index in [1.807, 2.05) is 0 Å². The summed E-state index contributed by atoms with van der Waals surface area (Å²) in [6, 6.07) is 6.85. The molecule has 1 N–H and O–H groups in total. The van der Waals surface area contributed by atoms with Gasteiger partial charge in [0.05, 0.1) is 10.7 Å². The molecule has 0 saturated carbocycles. The molecule has 5 heteroatoms. The first-order chi connectivity index (χ1) is 9.35. The van der Waals surface area contributed by atoms with Crippen LogP contribution >= 0.6 is 11.6 Å². The van der Waals surface area contributed by atoms with Crippen LogP contribution in [0.25, 0.3) is 11.3 Å². The van der Waals surface area contributed by atoms with Gasteiger partial charge in [0.25, 0.3) is 0 Å². The lowest BCUT2D eigenvalue weighted by molar-refractivity contribution is 0.0446. The van der Waals surface area contributed by atoms with Crippen molar-refractivity contribution in [3.8, 4) is 11.3 Å². The molecule has 2 aromatic rings. The number of nitrogens with zero attached hydrogens (tertiary/aromatic N) is 1. The summed E-state index contributed by atoms with van der Waals surface area (Å²) in [7, 11) is 0. The molecule has 1 aromatic heterocycles. The number of halogens is 3. The van der Waals surface area contributed by atoms with Crippen LogP contribution in [0.15, 0.2) is 30.3 Å². The van der Waals surface area contributed by atoms with E-state index in [9.17, 15) is 13.9 Å². The standard InChI is InChI=1S/C15H14ClF2NO/c1-3-15(2,20)14-12(18)6-7-13(19-14)9-4-5-11(17)10(16)8-9/h4-8,20H,3H2,1-2H3. The molecule has 0 fully saturated rings. The maximum Gasteiger partial charge on any atom is 0.147 e. The number of hydrogen-bond acceptors (Lipinski definition) is 2. The van der Waals surface area contributed by atoms with Crippen LogP contribution < -0.4 is 0 Å². The van der Waals surface area contributed by atoms with E-state index < -0.39 is 17.2 Å². The molecular formula is C15H14ClF2NO. The van der Waals surface area contributed by atoms with Crippen LogP contribution in [0.3, 0.4) is 0 Å². The van der Waals surface area contributed by atoms with Crippen LogP contribution in [0.1, 0.15) is 26.0 Å². The Morgan fingerprint density at radius 2 is 1.85 bits per heavy atom. The molecule has 2 rings (SSSR count). The number of hydrogen-bond donors (Lipinski definition) is 1. The zero-order chi connectivity index (χ0) is 14.9. The second-order valence-electron chi connectivity index (χ2n) is 4.78. The first-order valence-corrected chi connectivity index (χ1v) is 6.58. The highest BCUT2D eigenvalue weighted by atomic mass is 35.5. The Kier molecular flexibility index (Phi) is 4.06. The van der Waals surface area contributed by atoms with Gasteiger partial charge in [-0.15, -0.1) is 0 Å². The van der Waals surface area contributed by atoms with Crippen molar-refractivity contribution >= 4 is 11.6 Å². The minimum Gasteiger partial charge on any atom is -0.384 e. The molecule has 0 aliphatic heterocycles. The molecular weight excluding hydrogens is 284 g/mol. The van der Waals surface area contributed by atoms with E-state index in [1.54, 1.807) is 6.92 Å². The number of aromatic nitrogens is 1. The summed E-state index contributed by atoms with van der Waals surface area (Å²) in [4.78, 5) is 4.15. The van der Waals surface area contributed by atoms with Crippen molar-refractivity contribution in [3.63, 3.8) is 0 Å². The fraction of sp³-hybridized carbons (Fsp3) is 0.267. The first-order valence-electron chi connectivity index (χ1n) is 6.20. The summed E-state index contributed by atoms with van der Waals surface area (Å²) in [5, 5.41) is 10.1. The Morgan fingerprint density at radius 1 is 1.20 bits per heavy atom. The van der Waals surface area contributed by atoms with Crippen LogP contribution in [-0.4, -0.2) is 10.1 Å². The molecule has 0 spiro atoms. The first kappa shape index (κ1) is 14.9. The van der Waals surface area contributed by atoms with Crippen molar-refractivity contribution < 1.29 is 13.9 Å². The summed E-state index contributed by atoms with van der Waals surface area (Å²) in [6.07, 6.45) is 0.324. The third kappa shape index (κ3) is 2.81. The fourth-order valence-electron chi connectivity index (χ4n) is 1.80. The normalized spacial score (nSPS) is 14.1. The molecule has 0 saturated heterocycles. The zero-order valence-electron chi connectivity index (χ0n) is 11.1. The third-order valence-corrected chi connectivity index (χ3v) is 3.55. The van der Waals surface area contributed by atoms with Crippen molar-refractivity contribution in [2.24, 2.45) is 0 Å². The van der Waals surface area contributed by atoms with Gasteiger partial charge in [-0.3, -0.25) is 0 Å². The topological polar surface area (TPSA) is 33.1 Å². The van der Waals surface area contributed by atoms with Gasteiger partial charge in [-0.2, -0.15) is 0 Å². The summed E-state index contributed by atoms with van der Waals surface area (Å²) in [6.45, 7) is 3.24. The van der Waals surface area contributed by atoms with Gasteiger partial charge in [-0.1, -0.05) is 18.5 Å². The lowest BCUT2D eigenvalue weighted by Crippen LogP contribution is -2.23. The van der Waals surface area contributed by atoms with Gasteiger partial charge in [0.2, 0.25) is 0 Å². The highest BCUT2D eigenvalue weighted by Gasteiger charge is 2.26. The quantitative estimate of drug-likeness (QED) is 0.916. The van der Waals surface area contributed by atoms with Crippen LogP contribution in [0.2, 0.25) is 5.02 Å². The lowest BCUT2D eigenvalue weighted by atomic mass is 9.97. The predicted molar refractivity (Wildman–Crippen MR) is 74.5 cm³/mol. The molecule has 1 atom stereocenters. The number of pyridine rings is 1. The Hall–Kier alpha value is -1.52. The Labute approximate surface area is 121 Å². The highest BCUT2D eigenvalue weighted by Crippen LogP contribution is 2.29. The number of benzene rings is 1. The van der Waals surface area contributed by atoms with Crippen LogP contribution in [0.5, 0.6) is 0 Å². The Bertz CT molecular complexity index is 644. The third-order valence-electron chi connectivity index (χ3n) is 3.26. The molecule has 0 aliphatic carbocycles. The molecule has 1 heterocycles. The van der Waals surface area contributed by atoms with Gasteiger partial charge in [-0.25, -0.2) is 13.8 Å². The average molecular weight is 298 g/mol. The predicted octanol–water partition coefficient (Wildman–Crippen LogP) is 4.30. The second kappa shape index (κ2) is 5.46. The van der Waals surface area contributed by atoms with E-state index in [-0.39, 0.29) is 10.7 Å². The molecule has 0 amide bonds. The molecule has 2 nitrogen and oxygen atoms in total. The van der Waals surface area contributed by atoms with E-state index in [1.165, 1.54) is 37.3 Å². The maximum atomic E-state index is 13.8. The summed E-state index contributed by atoms with van der Waals surface area (Å²) in [5.74, 6) is -1.10. The fourth-order valence-corrected chi connectivity index (χ4v) is 1.98. The summed E-state index contributed by atoms with van der Waals surface area (Å²) >= 11 is 5.73. The van der Waals surface area contributed by atoms with E-state index in [2.05, 4.69) is 4.98 Å². The van der Waals surface area contributed by atoms with Crippen molar-refractivity contribution in [1.29, 1.82) is 0 Å². The van der Waals surface area contributed by atoms with Gasteiger partial charge in [0.15, 0.2) is 0 Å². The largest absolute Gasteiger partial charge is 0.384 e. The van der Waals surface area contributed by atoms with E-state index >= 15 is 0 Å². The SMILES string of the molecule is CCC(C)(O)c1nc(-c2ccc(F)c(Cl)c2)ccc1F. The molecule has 0 radical (unpaired) electrons. The Morgan fingerprint density at radius 3 is 2.45 bits per heavy atom. The van der Waals surface area contributed by atoms with Crippen LogP contribution in [0, 0.1) is 11.6 Å². The van der Waals surface area contributed by atoms with Crippen LogP contribution in [-0.2, 0) is 5.60 Å². The van der Waals surface area contributed by atoms with Crippen molar-refractivity contribution in [2.75, 3.05) is 0 Å². The van der Waals surface area contributed by atoms with Gasteiger partial charge in [-0.05, 0) is 43.7 Å². The molecule has 0 bridgehead atoms. The van der Waals surface area contributed by atoms with Gasteiger partial charge < -0.3 is 5.11 Å². The van der Waals surface area contributed by atoms with Crippen molar-refractivity contribution in [1.82, 2.24) is 4.98 Å². The van der Waals surface area contributed by atoms with Crippen LogP contribution in [0.4, 0.5) is 8.78 Å². The van der Waals surface area contributed by atoms with Crippen molar-refractivity contribution in [2.45, 2.75) is 25.9 Å². The van der Waals surface area contributed by atoms with E-state index in [0.29, 0.717) is 17.7 Å². The maximum absolute atomic E-state index is 13.8. The smallest absolute Gasteiger partial charge is 0.147 e. The highest BCUT2D eigenvalue weighted by molar-refractivity contribution is 6.31. The van der Waals surface area contributed by atoms with Gasteiger partial charge >= 0.3 is 0 Å². The minimum atomic E-state index is -1.36. The lowest BCUT2D eigenvalue weighted by Gasteiger charge is -2.21. The Balaban J connectivity index is 2.54. The van der Waals surface area contributed by atoms with E-state index in [4.69, 9.17) is 11.6 Å². The van der Waals surface area contributed by atoms with Gasteiger partial charge in [0.1, 0.15) is 22.9 Å². The zero-order valence-corrected chi connectivity index (χ0v) is 11.9. The molecule has 0 aliphatic rings.